The zero-order valence-corrected chi connectivity index (χ0v) is 8.61. The van der Waals surface area contributed by atoms with Crippen LogP contribution in [0.25, 0.3) is 0 Å². The number of hydrogen-bond donors (Lipinski definition) is 2. The Morgan fingerprint density at radius 3 is 2.58 bits per heavy atom. The lowest BCUT2D eigenvalue weighted by molar-refractivity contribution is 0.357. The second-order valence-corrected chi connectivity index (χ2v) is 3.91. The molecule has 0 aliphatic heterocycles. The highest BCUT2D eigenvalue weighted by Gasteiger charge is 2.14. The topological polar surface area (TPSA) is 35.9 Å². The number of unbranched alkanes of at least 4 members (excludes halogenated alkanes) is 1. The van der Waals surface area contributed by atoms with E-state index in [1.807, 2.05) is 0 Å². The molecule has 2 nitrogen and oxygen atoms in total. The molecule has 0 heterocycles. The highest BCUT2D eigenvalue weighted by molar-refractivity contribution is 5.52. The molecule has 0 fully saturated rings. The van der Waals surface area contributed by atoms with Crippen LogP contribution in [-0.4, -0.2) is 18.3 Å². The maximum Gasteiger partial charge on any atom is 0.0125 e. The monoisotopic (exact) mass is 170 g/mol. The Morgan fingerprint density at radius 1 is 1.42 bits per heavy atom. The van der Waals surface area contributed by atoms with Crippen LogP contribution in [0, 0.1) is 5.41 Å². The predicted molar refractivity (Wildman–Crippen MR) is 55.0 cm³/mol. The van der Waals surface area contributed by atoms with Crippen LogP contribution in [0.4, 0.5) is 0 Å². The second-order valence-electron chi connectivity index (χ2n) is 3.91. The summed E-state index contributed by atoms with van der Waals surface area (Å²) in [6, 6.07) is 0. The zero-order valence-electron chi connectivity index (χ0n) is 8.61. The summed E-state index contributed by atoms with van der Waals surface area (Å²) in [6.07, 6.45) is 6.07. The fraction of sp³-hybridized carbons (Fsp3) is 0.900. The van der Waals surface area contributed by atoms with Gasteiger partial charge in [-0.25, -0.2) is 0 Å². The van der Waals surface area contributed by atoms with Gasteiger partial charge in [-0.15, -0.1) is 0 Å². The molecule has 2 N–H and O–H groups in total. The van der Waals surface area contributed by atoms with Crippen LogP contribution in [0.2, 0.25) is 0 Å². The first-order valence-electron chi connectivity index (χ1n) is 4.86. The highest BCUT2D eigenvalue weighted by atomic mass is 14.9. The first-order chi connectivity index (χ1) is 5.62. The van der Waals surface area contributed by atoms with Gasteiger partial charge in [0.15, 0.2) is 0 Å². The first kappa shape index (κ1) is 11.6. The molecular formula is C10H22N2. The minimum atomic E-state index is 0.249. The molecular weight excluding hydrogens is 148 g/mol. The lowest BCUT2D eigenvalue weighted by atomic mass is 9.97. The molecule has 2 heteroatoms. The Hall–Kier alpha value is -0.370. The summed E-state index contributed by atoms with van der Waals surface area (Å²) in [7, 11) is 0. The van der Waals surface area contributed by atoms with Gasteiger partial charge in [-0.3, -0.25) is 0 Å². The molecule has 0 aromatic carbocycles. The Kier molecular flexibility index (Phi) is 5.99. The van der Waals surface area contributed by atoms with Gasteiger partial charge in [0.1, 0.15) is 0 Å². The van der Waals surface area contributed by atoms with E-state index >= 15 is 0 Å². The van der Waals surface area contributed by atoms with Gasteiger partial charge >= 0.3 is 0 Å². The zero-order chi connectivity index (χ0) is 9.45. The van der Waals surface area contributed by atoms with Crippen molar-refractivity contribution in [1.82, 2.24) is 5.32 Å². The van der Waals surface area contributed by atoms with Crippen LogP contribution in [-0.2, 0) is 0 Å². The molecule has 0 saturated heterocycles. The molecule has 12 heavy (non-hydrogen) atoms. The summed E-state index contributed by atoms with van der Waals surface area (Å²) in [5, 5.41) is 10.3. The summed E-state index contributed by atoms with van der Waals surface area (Å²) in [4.78, 5) is 0. The summed E-state index contributed by atoms with van der Waals surface area (Å²) < 4.78 is 0. The minimum Gasteiger partial charge on any atom is -0.313 e. The maximum absolute atomic E-state index is 6.88. The minimum absolute atomic E-state index is 0.249. The Morgan fingerprint density at radius 2 is 2.08 bits per heavy atom. The van der Waals surface area contributed by atoms with E-state index in [9.17, 15) is 0 Å². The van der Waals surface area contributed by atoms with Crippen LogP contribution in [0.3, 0.4) is 0 Å². The number of nitrogens with one attached hydrogen (secondary N) is 2. The van der Waals surface area contributed by atoms with E-state index in [0.717, 1.165) is 13.0 Å². The highest BCUT2D eigenvalue weighted by Crippen LogP contribution is 2.11. The van der Waals surface area contributed by atoms with Gasteiger partial charge in [0, 0.05) is 12.1 Å². The van der Waals surface area contributed by atoms with E-state index in [1.165, 1.54) is 25.5 Å². The molecule has 0 bridgehead atoms. The van der Waals surface area contributed by atoms with Gasteiger partial charge in [0.05, 0.1) is 0 Å². The molecule has 0 aromatic rings. The van der Waals surface area contributed by atoms with Crippen LogP contribution in [0.1, 0.15) is 46.5 Å². The van der Waals surface area contributed by atoms with Crippen molar-refractivity contribution >= 4 is 6.21 Å². The van der Waals surface area contributed by atoms with Gasteiger partial charge in [-0.05, 0) is 32.9 Å². The van der Waals surface area contributed by atoms with Crippen LogP contribution < -0.4 is 5.32 Å². The van der Waals surface area contributed by atoms with Crippen LogP contribution in [0.5, 0.6) is 0 Å². The van der Waals surface area contributed by atoms with E-state index in [4.69, 9.17) is 5.41 Å². The third-order valence-corrected chi connectivity index (χ3v) is 2.05. The lowest BCUT2D eigenvalue weighted by Crippen LogP contribution is -2.39. The Balaban J connectivity index is 3.48. The van der Waals surface area contributed by atoms with E-state index < -0.39 is 0 Å². The largest absolute Gasteiger partial charge is 0.313 e. The van der Waals surface area contributed by atoms with Gasteiger partial charge in [-0.2, -0.15) is 0 Å². The SMILES string of the molecule is CCCCC(C)(C)NCCC=N. The molecule has 72 valence electrons. The fourth-order valence-corrected chi connectivity index (χ4v) is 1.19. The third-order valence-electron chi connectivity index (χ3n) is 2.05. The average Bonchev–Trinajstić information content (AvgIpc) is 2.01. The molecule has 0 radical (unpaired) electrons. The molecule has 0 rings (SSSR count). The van der Waals surface area contributed by atoms with Crippen molar-refractivity contribution in [2.45, 2.75) is 52.0 Å². The predicted octanol–water partition coefficient (Wildman–Crippen LogP) is 2.58. The van der Waals surface area contributed by atoms with E-state index in [1.54, 1.807) is 0 Å². The van der Waals surface area contributed by atoms with Crippen molar-refractivity contribution < 1.29 is 0 Å². The summed E-state index contributed by atoms with van der Waals surface area (Å²) >= 11 is 0. The van der Waals surface area contributed by atoms with Crippen molar-refractivity contribution in [3.05, 3.63) is 0 Å². The number of rotatable bonds is 7. The van der Waals surface area contributed by atoms with Gasteiger partial charge in [0.2, 0.25) is 0 Å². The molecule has 0 atom stereocenters. The van der Waals surface area contributed by atoms with Gasteiger partial charge in [-0.1, -0.05) is 19.8 Å². The van der Waals surface area contributed by atoms with E-state index in [2.05, 4.69) is 26.1 Å². The smallest absolute Gasteiger partial charge is 0.0125 e. The van der Waals surface area contributed by atoms with Crippen LogP contribution in [0.15, 0.2) is 0 Å². The second kappa shape index (κ2) is 6.18. The molecule has 0 aromatic heterocycles. The fourth-order valence-electron chi connectivity index (χ4n) is 1.19. The number of hydrogen-bond acceptors (Lipinski definition) is 2. The Bertz CT molecular complexity index is 119. The molecule has 0 saturated carbocycles. The lowest BCUT2D eigenvalue weighted by Gasteiger charge is -2.25. The quantitative estimate of drug-likeness (QED) is 0.447. The first-order valence-corrected chi connectivity index (χ1v) is 4.86. The van der Waals surface area contributed by atoms with Crippen molar-refractivity contribution in [2.75, 3.05) is 6.54 Å². The molecule has 0 unspecified atom stereocenters. The molecule has 0 aliphatic rings. The standard InChI is InChI=1S/C10H22N2/c1-4-5-7-10(2,3)12-9-6-8-11/h8,11-12H,4-7,9H2,1-3H3. The third kappa shape index (κ3) is 6.35. The van der Waals surface area contributed by atoms with Gasteiger partial charge < -0.3 is 10.7 Å². The summed E-state index contributed by atoms with van der Waals surface area (Å²) in [6.45, 7) is 7.60. The van der Waals surface area contributed by atoms with Gasteiger partial charge in [0.25, 0.3) is 0 Å². The summed E-state index contributed by atoms with van der Waals surface area (Å²) in [5.74, 6) is 0. The van der Waals surface area contributed by atoms with Crippen LogP contribution >= 0.6 is 0 Å². The summed E-state index contributed by atoms with van der Waals surface area (Å²) in [5.41, 5.74) is 0.249. The molecule has 0 spiro atoms. The van der Waals surface area contributed by atoms with Crippen molar-refractivity contribution in [3.8, 4) is 0 Å². The Labute approximate surface area is 76.3 Å². The van der Waals surface area contributed by atoms with Crippen molar-refractivity contribution in [3.63, 3.8) is 0 Å². The maximum atomic E-state index is 6.88. The molecule has 0 aliphatic carbocycles. The van der Waals surface area contributed by atoms with E-state index in [0.29, 0.717) is 0 Å². The van der Waals surface area contributed by atoms with Crippen molar-refractivity contribution in [2.24, 2.45) is 0 Å². The van der Waals surface area contributed by atoms with Crippen molar-refractivity contribution in [1.29, 1.82) is 5.41 Å². The molecule has 0 amide bonds. The van der Waals surface area contributed by atoms with E-state index in [-0.39, 0.29) is 5.54 Å². The normalized spacial score (nSPS) is 11.6. The average molecular weight is 170 g/mol.